The van der Waals surface area contributed by atoms with Gasteiger partial charge in [-0.2, -0.15) is 0 Å². The molecule has 19 heavy (non-hydrogen) atoms. The Morgan fingerprint density at radius 3 is 2.53 bits per heavy atom. The molecule has 0 spiro atoms. The Balaban J connectivity index is 2.89. The molecule has 0 unspecified atom stereocenters. The van der Waals surface area contributed by atoms with Gasteiger partial charge in [-0.3, -0.25) is 0 Å². The van der Waals surface area contributed by atoms with Crippen LogP contribution in [0.25, 0.3) is 0 Å². The van der Waals surface area contributed by atoms with Crippen molar-refractivity contribution in [3.05, 3.63) is 17.9 Å². The smallest absolute Gasteiger partial charge is 0.167 e. The summed E-state index contributed by atoms with van der Waals surface area (Å²) in [5.41, 5.74) is 6.45. The van der Waals surface area contributed by atoms with Crippen molar-refractivity contribution >= 4 is 11.4 Å². The minimum absolute atomic E-state index is 0.0959. The van der Waals surface area contributed by atoms with E-state index in [-0.39, 0.29) is 17.5 Å². The van der Waals surface area contributed by atoms with Gasteiger partial charge < -0.3 is 20.5 Å². The fraction of sp³-hybridized carbons (Fsp3) is 0.571. The zero-order valence-electron chi connectivity index (χ0n) is 12.2. The predicted molar refractivity (Wildman–Crippen MR) is 76.2 cm³/mol. The largest absolute Gasteiger partial charge is 0.488 e. The lowest BCUT2D eigenvalue weighted by Crippen LogP contribution is -2.32. The van der Waals surface area contributed by atoms with Crippen LogP contribution in [0, 0.1) is 5.82 Å². The van der Waals surface area contributed by atoms with Gasteiger partial charge in [-0.25, -0.2) is 4.39 Å². The summed E-state index contributed by atoms with van der Waals surface area (Å²) in [5.74, 6) is -0.260. The number of ether oxygens (including phenoxy) is 2. The van der Waals surface area contributed by atoms with E-state index in [1.165, 1.54) is 6.07 Å². The standard InChI is InChI=1S/C14H23FN2O2/c1-9(2)19-13-7-12(11(16)6-10(13)15)17-8-14(3,4)18-5/h6-7,9,17H,8,16H2,1-5H3. The highest BCUT2D eigenvalue weighted by Gasteiger charge is 2.17. The number of nitrogen functional groups attached to an aromatic ring is 1. The molecule has 0 saturated carbocycles. The zero-order chi connectivity index (χ0) is 14.6. The third-order valence-electron chi connectivity index (χ3n) is 2.72. The number of methoxy groups -OCH3 is 1. The second-order valence-electron chi connectivity index (χ2n) is 5.35. The maximum atomic E-state index is 13.7. The number of hydrogen-bond donors (Lipinski definition) is 2. The number of rotatable bonds is 6. The van der Waals surface area contributed by atoms with Crippen LogP contribution in [0.15, 0.2) is 12.1 Å². The van der Waals surface area contributed by atoms with Gasteiger partial charge in [0.1, 0.15) is 0 Å². The average Bonchev–Trinajstić information content (AvgIpc) is 2.30. The molecular formula is C14H23FN2O2. The van der Waals surface area contributed by atoms with Crippen LogP contribution in [-0.4, -0.2) is 25.4 Å². The van der Waals surface area contributed by atoms with Crippen LogP contribution in [0.2, 0.25) is 0 Å². The second-order valence-corrected chi connectivity index (χ2v) is 5.35. The zero-order valence-corrected chi connectivity index (χ0v) is 12.2. The van der Waals surface area contributed by atoms with E-state index >= 15 is 0 Å². The van der Waals surface area contributed by atoms with E-state index in [1.807, 2.05) is 27.7 Å². The molecule has 1 rings (SSSR count). The maximum Gasteiger partial charge on any atom is 0.167 e. The van der Waals surface area contributed by atoms with Crippen LogP contribution in [0.4, 0.5) is 15.8 Å². The van der Waals surface area contributed by atoms with Gasteiger partial charge in [-0.15, -0.1) is 0 Å². The molecule has 5 heteroatoms. The SMILES string of the molecule is COC(C)(C)CNc1cc(OC(C)C)c(F)cc1N. The monoisotopic (exact) mass is 270 g/mol. The van der Waals surface area contributed by atoms with Gasteiger partial charge in [0.15, 0.2) is 11.6 Å². The summed E-state index contributed by atoms with van der Waals surface area (Å²) in [4.78, 5) is 0. The van der Waals surface area contributed by atoms with Crippen molar-refractivity contribution in [2.45, 2.75) is 39.4 Å². The fourth-order valence-corrected chi connectivity index (χ4v) is 1.45. The van der Waals surface area contributed by atoms with Crippen LogP contribution in [-0.2, 0) is 4.74 Å². The first-order valence-corrected chi connectivity index (χ1v) is 6.30. The van der Waals surface area contributed by atoms with E-state index in [4.69, 9.17) is 15.2 Å². The van der Waals surface area contributed by atoms with Crippen molar-refractivity contribution in [3.63, 3.8) is 0 Å². The van der Waals surface area contributed by atoms with Crippen LogP contribution in [0.5, 0.6) is 5.75 Å². The third-order valence-corrected chi connectivity index (χ3v) is 2.72. The summed E-state index contributed by atoms with van der Waals surface area (Å²) >= 11 is 0. The molecule has 108 valence electrons. The molecule has 3 N–H and O–H groups in total. The number of halogens is 1. The number of hydrogen-bond acceptors (Lipinski definition) is 4. The number of nitrogens with one attached hydrogen (secondary N) is 1. The van der Waals surface area contributed by atoms with Gasteiger partial charge in [0.05, 0.1) is 23.1 Å². The summed E-state index contributed by atoms with van der Waals surface area (Å²) < 4.78 is 24.4. The Morgan fingerprint density at radius 2 is 2.00 bits per heavy atom. The van der Waals surface area contributed by atoms with Gasteiger partial charge in [0, 0.05) is 25.8 Å². The third kappa shape index (κ3) is 4.59. The van der Waals surface area contributed by atoms with Crippen molar-refractivity contribution in [1.29, 1.82) is 0 Å². The van der Waals surface area contributed by atoms with Crippen molar-refractivity contribution in [1.82, 2.24) is 0 Å². The number of anilines is 2. The van der Waals surface area contributed by atoms with Gasteiger partial charge in [0.2, 0.25) is 0 Å². The molecule has 0 bridgehead atoms. The number of nitrogens with two attached hydrogens (primary N) is 1. The quantitative estimate of drug-likeness (QED) is 0.780. The molecule has 0 atom stereocenters. The van der Waals surface area contributed by atoms with Crippen molar-refractivity contribution in [3.8, 4) is 5.75 Å². The minimum atomic E-state index is -0.456. The topological polar surface area (TPSA) is 56.5 Å². The van der Waals surface area contributed by atoms with Gasteiger partial charge in [-0.1, -0.05) is 0 Å². The molecule has 0 aliphatic heterocycles. The van der Waals surface area contributed by atoms with E-state index in [1.54, 1.807) is 13.2 Å². The summed E-state index contributed by atoms with van der Waals surface area (Å²) in [5, 5.41) is 3.15. The molecule has 1 aromatic rings. The molecular weight excluding hydrogens is 247 g/mol. The highest BCUT2D eigenvalue weighted by Crippen LogP contribution is 2.29. The molecule has 0 saturated heterocycles. The molecule has 4 nitrogen and oxygen atoms in total. The molecule has 0 aromatic heterocycles. The Labute approximate surface area is 114 Å². The van der Waals surface area contributed by atoms with Gasteiger partial charge >= 0.3 is 0 Å². The van der Waals surface area contributed by atoms with E-state index in [2.05, 4.69) is 5.32 Å². The van der Waals surface area contributed by atoms with Crippen molar-refractivity contribution in [2.24, 2.45) is 0 Å². The lowest BCUT2D eigenvalue weighted by atomic mass is 10.1. The summed E-state index contributed by atoms with van der Waals surface area (Å²) in [6, 6.07) is 2.84. The van der Waals surface area contributed by atoms with Crippen LogP contribution in [0.3, 0.4) is 0 Å². The first-order chi connectivity index (χ1) is 8.75. The first kappa shape index (κ1) is 15.6. The lowest BCUT2D eigenvalue weighted by Gasteiger charge is -2.24. The minimum Gasteiger partial charge on any atom is -0.488 e. The molecule has 0 radical (unpaired) electrons. The summed E-state index contributed by atoms with van der Waals surface area (Å²) in [7, 11) is 1.64. The predicted octanol–water partition coefficient (Wildman–Crippen LogP) is 3.03. The van der Waals surface area contributed by atoms with Crippen molar-refractivity contribution < 1.29 is 13.9 Å². The molecule has 0 fully saturated rings. The first-order valence-electron chi connectivity index (χ1n) is 6.30. The second kappa shape index (κ2) is 6.10. The molecule has 1 aromatic carbocycles. The average molecular weight is 270 g/mol. The van der Waals surface area contributed by atoms with Crippen LogP contribution < -0.4 is 15.8 Å². The van der Waals surface area contributed by atoms with Crippen LogP contribution in [0.1, 0.15) is 27.7 Å². The fourth-order valence-electron chi connectivity index (χ4n) is 1.45. The van der Waals surface area contributed by atoms with Gasteiger partial charge in [0.25, 0.3) is 0 Å². The van der Waals surface area contributed by atoms with E-state index < -0.39 is 5.82 Å². The molecule has 0 aliphatic rings. The van der Waals surface area contributed by atoms with E-state index in [9.17, 15) is 4.39 Å². The Kier molecular flexibility index (Phi) is 5.00. The maximum absolute atomic E-state index is 13.7. The Morgan fingerprint density at radius 1 is 1.37 bits per heavy atom. The lowest BCUT2D eigenvalue weighted by molar-refractivity contribution is 0.0344. The molecule has 0 amide bonds. The summed E-state index contributed by atoms with van der Waals surface area (Å²) in [6.07, 6.45) is -0.0959. The number of benzene rings is 1. The molecule has 0 heterocycles. The van der Waals surface area contributed by atoms with Crippen molar-refractivity contribution in [2.75, 3.05) is 24.7 Å². The molecule has 0 aliphatic carbocycles. The van der Waals surface area contributed by atoms with Crippen LogP contribution >= 0.6 is 0 Å². The normalized spacial score (nSPS) is 11.7. The van der Waals surface area contributed by atoms with E-state index in [0.717, 1.165) is 0 Å². The summed E-state index contributed by atoms with van der Waals surface area (Å²) in [6.45, 7) is 8.14. The van der Waals surface area contributed by atoms with E-state index in [0.29, 0.717) is 17.9 Å². The Bertz CT molecular complexity index is 434. The van der Waals surface area contributed by atoms with Gasteiger partial charge in [-0.05, 0) is 27.7 Å². The highest BCUT2D eigenvalue weighted by atomic mass is 19.1. The Hall–Kier alpha value is -1.49. The highest BCUT2D eigenvalue weighted by molar-refractivity contribution is 5.68.